The van der Waals surface area contributed by atoms with Crippen LogP contribution in [0.5, 0.6) is 0 Å². The second-order valence-electron chi connectivity index (χ2n) is 2.42. The molecular formula is C8H14Br2. The predicted molar refractivity (Wildman–Crippen MR) is 54.9 cm³/mol. The zero-order valence-electron chi connectivity index (χ0n) is 6.37. The first kappa shape index (κ1) is 10.7. The van der Waals surface area contributed by atoms with E-state index in [0.29, 0.717) is 0 Å². The summed E-state index contributed by atoms with van der Waals surface area (Å²) in [7, 11) is 0. The van der Waals surface area contributed by atoms with Gasteiger partial charge in [0, 0.05) is 0 Å². The van der Waals surface area contributed by atoms with Gasteiger partial charge in [0.1, 0.15) is 0 Å². The lowest BCUT2D eigenvalue weighted by Gasteiger charge is -2.13. The van der Waals surface area contributed by atoms with Crippen LogP contribution in [-0.4, -0.2) is 3.23 Å². The minimum absolute atomic E-state index is 0.0187. The van der Waals surface area contributed by atoms with E-state index in [1.165, 1.54) is 19.3 Å². The molecule has 0 aromatic carbocycles. The standard InChI is InChI=1S/C8H14Br2/c1-3-5-6-7-8(9,10)4-2/h4H,2-3,5-7H2,1H3. The molecule has 0 aliphatic heterocycles. The maximum Gasteiger partial charge on any atom is 0.0981 e. The molecule has 0 fully saturated rings. The van der Waals surface area contributed by atoms with Gasteiger partial charge in [-0.1, -0.05) is 64.1 Å². The molecule has 0 atom stereocenters. The smallest absolute Gasteiger partial charge is 0.0981 e. The van der Waals surface area contributed by atoms with Crippen molar-refractivity contribution in [2.75, 3.05) is 0 Å². The first-order valence-corrected chi connectivity index (χ1v) is 5.22. The van der Waals surface area contributed by atoms with Gasteiger partial charge in [-0.05, 0) is 6.42 Å². The molecule has 0 aliphatic carbocycles. The number of allylic oxidation sites excluding steroid dienone is 1. The van der Waals surface area contributed by atoms with Gasteiger partial charge in [-0.15, -0.1) is 6.58 Å². The van der Waals surface area contributed by atoms with Crippen molar-refractivity contribution >= 4 is 31.9 Å². The molecule has 0 rings (SSSR count). The fraction of sp³-hybridized carbons (Fsp3) is 0.750. The lowest BCUT2D eigenvalue weighted by atomic mass is 10.1. The van der Waals surface area contributed by atoms with Crippen LogP contribution in [0.25, 0.3) is 0 Å². The Hall–Kier alpha value is 0.700. The summed E-state index contributed by atoms with van der Waals surface area (Å²) in [5.74, 6) is 0. The Morgan fingerprint density at radius 2 is 2.00 bits per heavy atom. The van der Waals surface area contributed by atoms with E-state index in [-0.39, 0.29) is 3.23 Å². The van der Waals surface area contributed by atoms with E-state index in [1.807, 2.05) is 6.08 Å². The van der Waals surface area contributed by atoms with Gasteiger partial charge in [0.2, 0.25) is 0 Å². The van der Waals surface area contributed by atoms with E-state index < -0.39 is 0 Å². The van der Waals surface area contributed by atoms with Crippen LogP contribution in [0.1, 0.15) is 32.6 Å². The summed E-state index contributed by atoms with van der Waals surface area (Å²) in [5, 5.41) is 0. The SMILES string of the molecule is C=CC(Br)(Br)CCCCC. The molecule has 0 amide bonds. The summed E-state index contributed by atoms with van der Waals surface area (Å²) < 4.78 is -0.0187. The fourth-order valence-electron chi connectivity index (χ4n) is 0.713. The van der Waals surface area contributed by atoms with Gasteiger partial charge >= 0.3 is 0 Å². The first-order valence-electron chi connectivity index (χ1n) is 3.64. The second-order valence-corrected chi connectivity index (χ2v) is 6.32. The molecule has 0 aliphatic rings. The third kappa shape index (κ3) is 5.48. The van der Waals surface area contributed by atoms with Gasteiger partial charge in [0.05, 0.1) is 3.23 Å². The molecule has 0 spiro atoms. The molecule has 0 radical (unpaired) electrons. The van der Waals surface area contributed by atoms with E-state index in [2.05, 4.69) is 45.4 Å². The lowest BCUT2D eigenvalue weighted by molar-refractivity contribution is 0.673. The molecule has 0 saturated carbocycles. The van der Waals surface area contributed by atoms with Crippen LogP contribution in [0.15, 0.2) is 12.7 Å². The number of halogens is 2. The Labute approximate surface area is 80.3 Å². The first-order chi connectivity index (χ1) is 4.62. The van der Waals surface area contributed by atoms with Crippen molar-refractivity contribution in [1.82, 2.24) is 0 Å². The van der Waals surface area contributed by atoms with Crippen molar-refractivity contribution < 1.29 is 0 Å². The minimum atomic E-state index is -0.0187. The molecule has 0 aromatic rings. The quantitative estimate of drug-likeness (QED) is 0.398. The molecule has 0 unspecified atom stereocenters. The maximum absolute atomic E-state index is 3.72. The molecule has 0 saturated heterocycles. The molecule has 0 bridgehead atoms. The van der Waals surface area contributed by atoms with Gasteiger partial charge in [-0.3, -0.25) is 0 Å². The summed E-state index contributed by atoms with van der Waals surface area (Å²) in [6, 6.07) is 0. The molecular weight excluding hydrogens is 256 g/mol. The van der Waals surface area contributed by atoms with E-state index in [4.69, 9.17) is 0 Å². The summed E-state index contributed by atoms with van der Waals surface area (Å²) in [4.78, 5) is 0. The van der Waals surface area contributed by atoms with Crippen LogP contribution in [0, 0.1) is 0 Å². The Morgan fingerprint density at radius 3 is 2.40 bits per heavy atom. The third-order valence-corrected chi connectivity index (χ3v) is 2.85. The van der Waals surface area contributed by atoms with E-state index >= 15 is 0 Å². The highest BCUT2D eigenvalue weighted by atomic mass is 79.9. The average Bonchev–Trinajstić information content (AvgIpc) is 1.89. The number of unbranched alkanes of at least 4 members (excludes halogenated alkanes) is 2. The van der Waals surface area contributed by atoms with Gasteiger partial charge in [0.25, 0.3) is 0 Å². The predicted octanol–water partition coefficient (Wildman–Crippen LogP) is 4.24. The van der Waals surface area contributed by atoms with E-state index in [1.54, 1.807) is 0 Å². The molecule has 0 N–H and O–H groups in total. The van der Waals surface area contributed by atoms with Crippen molar-refractivity contribution in [1.29, 1.82) is 0 Å². The molecule has 0 heterocycles. The van der Waals surface area contributed by atoms with Gasteiger partial charge in [-0.2, -0.15) is 0 Å². The Kier molecular flexibility index (Phi) is 5.74. The summed E-state index contributed by atoms with van der Waals surface area (Å²) in [6.07, 6.45) is 6.83. The van der Waals surface area contributed by atoms with Crippen molar-refractivity contribution in [3.8, 4) is 0 Å². The summed E-state index contributed by atoms with van der Waals surface area (Å²) in [5.41, 5.74) is 0. The monoisotopic (exact) mass is 268 g/mol. The molecule has 60 valence electrons. The Balaban J connectivity index is 3.37. The number of hydrogen-bond donors (Lipinski definition) is 0. The zero-order chi connectivity index (χ0) is 8.04. The van der Waals surface area contributed by atoms with Crippen molar-refractivity contribution in [3.63, 3.8) is 0 Å². The Bertz CT molecular complexity index is 97.4. The highest BCUT2D eigenvalue weighted by Gasteiger charge is 2.15. The molecule has 10 heavy (non-hydrogen) atoms. The fourth-order valence-corrected chi connectivity index (χ4v) is 1.27. The molecule has 2 heteroatoms. The van der Waals surface area contributed by atoms with Gasteiger partial charge in [-0.25, -0.2) is 0 Å². The third-order valence-electron chi connectivity index (χ3n) is 1.41. The molecule has 0 aromatic heterocycles. The van der Waals surface area contributed by atoms with Crippen LogP contribution in [0.4, 0.5) is 0 Å². The van der Waals surface area contributed by atoms with Crippen molar-refractivity contribution in [2.45, 2.75) is 35.8 Å². The largest absolute Gasteiger partial charge is 0.101 e. The second kappa shape index (κ2) is 5.36. The number of alkyl halides is 2. The lowest BCUT2D eigenvalue weighted by Crippen LogP contribution is -2.05. The summed E-state index contributed by atoms with van der Waals surface area (Å²) >= 11 is 7.02. The van der Waals surface area contributed by atoms with Crippen LogP contribution in [0.2, 0.25) is 0 Å². The summed E-state index contributed by atoms with van der Waals surface area (Å²) in [6.45, 7) is 5.92. The van der Waals surface area contributed by atoms with Crippen molar-refractivity contribution in [3.05, 3.63) is 12.7 Å². The van der Waals surface area contributed by atoms with E-state index in [9.17, 15) is 0 Å². The van der Waals surface area contributed by atoms with Crippen LogP contribution in [-0.2, 0) is 0 Å². The van der Waals surface area contributed by atoms with E-state index in [0.717, 1.165) is 6.42 Å². The van der Waals surface area contributed by atoms with Crippen LogP contribution < -0.4 is 0 Å². The van der Waals surface area contributed by atoms with Crippen LogP contribution in [0.3, 0.4) is 0 Å². The van der Waals surface area contributed by atoms with Gasteiger partial charge < -0.3 is 0 Å². The zero-order valence-corrected chi connectivity index (χ0v) is 9.54. The highest BCUT2D eigenvalue weighted by molar-refractivity contribution is 9.25. The van der Waals surface area contributed by atoms with Crippen molar-refractivity contribution in [2.24, 2.45) is 0 Å². The van der Waals surface area contributed by atoms with Crippen LogP contribution >= 0.6 is 31.9 Å². The minimum Gasteiger partial charge on any atom is -0.101 e. The normalized spacial score (nSPS) is 11.5. The Morgan fingerprint density at radius 1 is 1.40 bits per heavy atom. The highest BCUT2D eigenvalue weighted by Crippen LogP contribution is 2.32. The van der Waals surface area contributed by atoms with Gasteiger partial charge in [0.15, 0.2) is 0 Å². The topological polar surface area (TPSA) is 0 Å². The number of rotatable bonds is 5. The average molecular weight is 270 g/mol. The molecule has 0 nitrogen and oxygen atoms in total. The number of hydrogen-bond acceptors (Lipinski definition) is 0. The maximum atomic E-state index is 3.72.